The molecule has 1 unspecified atom stereocenters. The fourth-order valence-corrected chi connectivity index (χ4v) is 4.64. The van der Waals surface area contributed by atoms with Gasteiger partial charge >= 0.3 is 0 Å². The number of nitrogens with zero attached hydrogens (tertiary/aromatic N) is 3. The number of hydrogen-bond acceptors (Lipinski definition) is 6. The van der Waals surface area contributed by atoms with Crippen LogP contribution in [-0.2, 0) is 4.74 Å². The predicted molar refractivity (Wildman–Crippen MR) is 128 cm³/mol. The Morgan fingerprint density at radius 2 is 1.82 bits per heavy atom. The van der Waals surface area contributed by atoms with Gasteiger partial charge in [0.05, 0.1) is 24.2 Å². The van der Waals surface area contributed by atoms with Crippen molar-refractivity contribution in [2.75, 3.05) is 50.8 Å². The number of ether oxygens (including phenoxy) is 1. The minimum Gasteiger partial charge on any atom is -0.379 e. The summed E-state index contributed by atoms with van der Waals surface area (Å²) in [6.45, 7) is 7.15. The van der Waals surface area contributed by atoms with Crippen LogP contribution in [0.4, 0.5) is 11.4 Å². The Balaban J connectivity index is 1.48. The van der Waals surface area contributed by atoms with Crippen molar-refractivity contribution < 1.29 is 14.5 Å². The Bertz CT molecular complexity index is 954. The monoisotopic (exact) mass is 452 g/mol. The summed E-state index contributed by atoms with van der Waals surface area (Å²) < 4.78 is 5.49. The first-order valence-electron chi connectivity index (χ1n) is 11.7. The highest BCUT2D eigenvalue weighted by Crippen LogP contribution is 2.32. The number of piperidine rings is 1. The molecule has 176 valence electrons. The summed E-state index contributed by atoms with van der Waals surface area (Å²) in [6.07, 6.45) is 2.03. The van der Waals surface area contributed by atoms with E-state index < -0.39 is 0 Å². The van der Waals surface area contributed by atoms with Gasteiger partial charge in [-0.05, 0) is 36.5 Å². The van der Waals surface area contributed by atoms with Crippen molar-refractivity contribution in [1.29, 1.82) is 0 Å². The van der Waals surface area contributed by atoms with E-state index in [9.17, 15) is 14.9 Å². The fourth-order valence-electron chi connectivity index (χ4n) is 4.64. The summed E-state index contributed by atoms with van der Waals surface area (Å²) in [7, 11) is 0. The van der Waals surface area contributed by atoms with Crippen LogP contribution < -0.4 is 10.2 Å². The first-order valence-corrected chi connectivity index (χ1v) is 11.7. The van der Waals surface area contributed by atoms with Gasteiger partial charge in [-0.2, -0.15) is 0 Å². The molecule has 4 rings (SSSR count). The molecule has 1 amide bonds. The third kappa shape index (κ3) is 5.69. The maximum absolute atomic E-state index is 13.0. The van der Waals surface area contributed by atoms with Crippen molar-refractivity contribution in [3.05, 3.63) is 69.8 Å². The molecular formula is C25H32N4O4. The minimum absolute atomic E-state index is 0.00927. The number of rotatable bonds is 7. The molecule has 0 spiro atoms. The van der Waals surface area contributed by atoms with Crippen LogP contribution in [0.5, 0.6) is 0 Å². The number of carbonyl (C=O) groups is 1. The lowest BCUT2D eigenvalue weighted by atomic mass is 9.98. The molecule has 0 radical (unpaired) electrons. The minimum atomic E-state index is -0.384. The van der Waals surface area contributed by atoms with E-state index in [1.54, 1.807) is 12.1 Å². The maximum atomic E-state index is 13.0. The van der Waals surface area contributed by atoms with E-state index in [0.29, 0.717) is 36.9 Å². The second-order valence-electron chi connectivity index (χ2n) is 8.92. The highest BCUT2D eigenvalue weighted by atomic mass is 16.6. The summed E-state index contributed by atoms with van der Waals surface area (Å²) in [5, 5.41) is 14.8. The molecule has 33 heavy (non-hydrogen) atoms. The van der Waals surface area contributed by atoms with Crippen LogP contribution in [0.1, 0.15) is 41.7 Å². The first-order chi connectivity index (χ1) is 16.0. The summed E-state index contributed by atoms with van der Waals surface area (Å²) >= 11 is 0. The smallest absolute Gasteiger partial charge is 0.293 e. The van der Waals surface area contributed by atoms with Gasteiger partial charge in [-0.3, -0.25) is 19.8 Å². The van der Waals surface area contributed by atoms with E-state index in [0.717, 1.165) is 44.6 Å². The van der Waals surface area contributed by atoms with Crippen LogP contribution in [-0.4, -0.2) is 61.7 Å². The number of nitrogens with one attached hydrogen (secondary N) is 1. The molecule has 1 N–H and O–H groups in total. The Hall–Kier alpha value is -2.97. The third-order valence-electron chi connectivity index (χ3n) is 6.69. The van der Waals surface area contributed by atoms with Gasteiger partial charge in [0.2, 0.25) is 0 Å². The van der Waals surface area contributed by atoms with Gasteiger partial charge < -0.3 is 15.0 Å². The average Bonchev–Trinajstić information content (AvgIpc) is 2.85. The highest BCUT2D eigenvalue weighted by molar-refractivity contribution is 5.95. The second-order valence-corrected chi connectivity index (χ2v) is 8.92. The van der Waals surface area contributed by atoms with Crippen molar-refractivity contribution >= 4 is 17.3 Å². The largest absolute Gasteiger partial charge is 0.379 e. The predicted octanol–water partition coefficient (Wildman–Crippen LogP) is 3.63. The lowest BCUT2D eigenvalue weighted by Crippen LogP contribution is -2.43. The number of carbonyl (C=O) groups excluding carboxylic acids is 1. The first kappa shape index (κ1) is 23.2. The Morgan fingerprint density at radius 3 is 2.48 bits per heavy atom. The number of amides is 1. The molecule has 0 aromatic heterocycles. The zero-order valence-electron chi connectivity index (χ0n) is 19.1. The molecule has 0 saturated carbocycles. The van der Waals surface area contributed by atoms with E-state index in [1.165, 1.54) is 6.07 Å². The summed E-state index contributed by atoms with van der Waals surface area (Å²) in [5.41, 5.74) is 2.02. The van der Waals surface area contributed by atoms with Crippen molar-refractivity contribution in [1.82, 2.24) is 10.2 Å². The van der Waals surface area contributed by atoms with Gasteiger partial charge in [0.15, 0.2) is 0 Å². The molecule has 1 atom stereocenters. The fraction of sp³-hybridized carbons (Fsp3) is 0.480. The number of nitro benzene ring substituents is 1. The number of anilines is 1. The Kier molecular flexibility index (Phi) is 7.57. The number of nitro groups is 1. The molecule has 2 fully saturated rings. The normalized spacial score (nSPS) is 18.6. The van der Waals surface area contributed by atoms with E-state index in [2.05, 4.69) is 34.2 Å². The second kappa shape index (κ2) is 10.8. The molecular weight excluding hydrogens is 420 g/mol. The van der Waals surface area contributed by atoms with Crippen LogP contribution in [0.2, 0.25) is 0 Å². The molecule has 2 aliphatic rings. The molecule has 2 aromatic carbocycles. The average molecular weight is 453 g/mol. The van der Waals surface area contributed by atoms with Crippen LogP contribution in [0.3, 0.4) is 0 Å². The van der Waals surface area contributed by atoms with E-state index in [4.69, 9.17) is 4.74 Å². The van der Waals surface area contributed by atoms with Crippen molar-refractivity contribution in [2.45, 2.75) is 25.8 Å². The zero-order chi connectivity index (χ0) is 23.2. The summed E-state index contributed by atoms with van der Waals surface area (Å²) in [6, 6.07) is 14.9. The SMILES string of the molecule is CC1CCN(c2ccc(C(=O)NCC(c3ccccc3)N3CCOCC3)cc2[N+](=O)[O-])CC1. The lowest BCUT2D eigenvalue weighted by Gasteiger charge is -2.35. The molecule has 2 heterocycles. The quantitative estimate of drug-likeness (QED) is 0.510. The molecule has 2 saturated heterocycles. The van der Waals surface area contributed by atoms with Crippen LogP contribution in [0.15, 0.2) is 48.5 Å². The molecule has 2 aromatic rings. The zero-order valence-corrected chi connectivity index (χ0v) is 19.1. The van der Waals surface area contributed by atoms with E-state index in [-0.39, 0.29) is 22.6 Å². The van der Waals surface area contributed by atoms with Crippen molar-refractivity contribution in [2.24, 2.45) is 5.92 Å². The number of morpholine rings is 1. The third-order valence-corrected chi connectivity index (χ3v) is 6.69. The van der Waals surface area contributed by atoms with Gasteiger partial charge in [0.1, 0.15) is 5.69 Å². The van der Waals surface area contributed by atoms with Gasteiger partial charge in [0.25, 0.3) is 11.6 Å². The summed E-state index contributed by atoms with van der Waals surface area (Å²) in [4.78, 5) is 28.8. The van der Waals surface area contributed by atoms with Gasteiger partial charge in [-0.1, -0.05) is 37.3 Å². The lowest BCUT2D eigenvalue weighted by molar-refractivity contribution is -0.384. The van der Waals surface area contributed by atoms with E-state index in [1.807, 2.05) is 18.2 Å². The van der Waals surface area contributed by atoms with Gasteiger partial charge in [-0.15, -0.1) is 0 Å². The number of benzene rings is 2. The maximum Gasteiger partial charge on any atom is 0.293 e. The topological polar surface area (TPSA) is 88.0 Å². The molecule has 0 bridgehead atoms. The van der Waals surface area contributed by atoms with E-state index >= 15 is 0 Å². The molecule has 8 nitrogen and oxygen atoms in total. The Morgan fingerprint density at radius 1 is 1.12 bits per heavy atom. The van der Waals surface area contributed by atoms with Crippen LogP contribution in [0.25, 0.3) is 0 Å². The van der Waals surface area contributed by atoms with Crippen molar-refractivity contribution in [3.63, 3.8) is 0 Å². The van der Waals surface area contributed by atoms with Crippen molar-refractivity contribution in [3.8, 4) is 0 Å². The molecule has 8 heteroatoms. The van der Waals surface area contributed by atoms with Crippen LogP contribution in [0, 0.1) is 16.0 Å². The van der Waals surface area contributed by atoms with Gasteiger partial charge in [-0.25, -0.2) is 0 Å². The standard InChI is InChI=1S/C25H32N4O4/c1-19-9-11-27(12-10-19)22-8-7-21(17-23(22)29(31)32)25(30)26-18-24(20-5-3-2-4-6-20)28-13-15-33-16-14-28/h2-8,17,19,24H,9-16,18H2,1H3,(H,26,30). The molecule has 2 aliphatic heterocycles. The van der Waals surface area contributed by atoms with Gasteiger partial charge in [0, 0.05) is 44.4 Å². The summed E-state index contributed by atoms with van der Waals surface area (Å²) in [5.74, 6) is 0.334. The van der Waals surface area contributed by atoms with Crippen LogP contribution >= 0.6 is 0 Å². The number of hydrogen-bond donors (Lipinski definition) is 1. The molecule has 0 aliphatic carbocycles. The highest BCUT2D eigenvalue weighted by Gasteiger charge is 2.26. The Labute approximate surface area is 194 Å².